The van der Waals surface area contributed by atoms with Crippen LogP contribution < -0.4 is 20.1 Å². The number of anilines is 4. The zero-order valence-electron chi connectivity index (χ0n) is 15.3. The molecular formula is C18H16Br2N4O6. The molecule has 0 atom stereocenters. The first kappa shape index (κ1) is 21.0. The van der Waals surface area contributed by atoms with Crippen LogP contribution in [0.2, 0.25) is 0 Å². The van der Waals surface area contributed by atoms with Gasteiger partial charge in [-0.1, -0.05) is 0 Å². The minimum Gasteiger partial charge on any atom is -0.463 e. The summed E-state index contributed by atoms with van der Waals surface area (Å²) in [6, 6.07) is 7.15. The van der Waals surface area contributed by atoms with Gasteiger partial charge in [-0.15, -0.1) is 0 Å². The summed E-state index contributed by atoms with van der Waals surface area (Å²) in [4.78, 5) is 9.27. The van der Waals surface area contributed by atoms with Gasteiger partial charge in [0.2, 0.25) is 0 Å². The maximum Gasteiger partial charge on any atom is 0.191 e. The third-order valence-electron chi connectivity index (χ3n) is 4.07. The maximum absolute atomic E-state index is 8.78. The van der Waals surface area contributed by atoms with Gasteiger partial charge in [-0.25, -0.2) is 9.97 Å². The van der Waals surface area contributed by atoms with Crippen LogP contribution in [0.3, 0.4) is 0 Å². The molecule has 0 amide bonds. The van der Waals surface area contributed by atoms with Crippen LogP contribution in [0.25, 0.3) is 11.0 Å². The van der Waals surface area contributed by atoms with Crippen LogP contribution in [0.1, 0.15) is 0 Å². The smallest absolute Gasteiger partial charge is 0.191 e. The fourth-order valence-corrected chi connectivity index (χ4v) is 3.44. The molecule has 1 aromatic heterocycles. The highest BCUT2D eigenvalue weighted by atomic mass is 79.9. The number of ether oxygens (including phenoxy) is 4. The fourth-order valence-electron chi connectivity index (χ4n) is 2.76. The Hall–Kier alpha value is -2.22. The van der Waals surface area contributed by atoms with Gasteiger partial charge in [0, 0.05) is 21.1 Å². The highest BCUT2D eigenvalue weighted by molar-refractivity contribution is 9.13. The highest BCUT2D eigenvalue weighted by Gasteiger charge is 2.20. The average Bonchev–Trinajstić information content (AvgIpc) is 2.72. The van der Waals surface area contributed by atoms with Gasteiger partial charge >= 0.3 is 0 Å². The van der Waals surface area contributed by atoms with E-state index >= 15 is 0 Å². The van der Waals surface area contributed by atoms with Crippen LogP contribution in [0.15, 0.2) is 33.2 Å². The van der Waals surface area contributed by atoms with E-state index in [4.69, 9.17) is 29.2 Å². The Morgan fingerprint density at radius 1 is 0.733 bits per heavy atom. The van der Waals surface area contributed by atoms with E-state index < -0.39 is 13.6 Å². The van der Waals surface area contributed by atoms with Crippen molar-refractivity contribution in [3.05, 3.63) is 33.2 Å². The molecule has 0 bridgehead atoms. The Balaban J connectivity index is 1.70. The number of aliphatic hydroxyl groups is 2. The van der Waals surface area contributed by atoms with E-state index in [1.165, 1.54) is 0 Å². The first-order chi connectivity index (χ1) is 14.6. The largest absolute Gasteiger partial charge is 0.463 e. The van der Waals surface area contributed by atoms with Crippen molar-refractivity contribution in [3.63, 3.8) is 0 Å². The summed E-state index contributed by atoms with van der Waals surface area (Å²) in [6.45, 7) is -1.34. The minimum absolute atomic E-state index is 0.187. The first-order valence-corrected chi connectivity index (χ1v) is 10.2. The van der Waals surface area contributed by atoms with Crippen molar-refractivity contribution in [2.24, 2.45) is 0 Å². The van der Waals surface area contributed by atoms with Crippen molar-refractivity contribution in [2.75, 3.05) is 37.8 Å². The minimum atomic E-state index is -0.481. The molecule has 4 rings (SSSR count). The predicted octanol–water partition coefficient (Wildman–Crippen LogP) is 3.56. The number of aromatic nitrogens is 2. The molecule has 10 nitrogen and oxygen atoms in total. The first-order valence-electron chi connectivity index (χ1n) is 8.60. The molecule has 0 spiro atoms. The predicted molar refractivity (Wildman–Crippen MR) is 115 cm³/mol. The molecule has 2 heterocycles. The van der Waals surface area contributed by atoms with Gasteiger partial charge < -0.3 is 39.8 Å². The Kier molecular flexibility index (Phi) is 6.51. The van der Waals surface area contributed by atoms with Crippen LogP contribution >= 0.6 is 31.9 Å². The van der Waals surface area contributed by atoms with Crippen LogP contribution in [0.4, 0.5) is 23.0 Å². The summed E-state index contributed by atoms with van der Waals surface area (Å²) < 4.78 is 22.5. The van der Waals surface area contributed by atoms with Crippen LogP contribution in [-0.4, -0.2) is 47.4 Å². The molecule has 3 aromatic rings. The Morgan fingerprint density at radius 2 is 1.17 bits per heavy atom. The van der Waals surface area contributed by atoms with Crippen LogP contribution in [0.5, 0.6) is 11.5 Å². The SMILES string of the molecule is OCOCOc1cc2nc3c(nc2cc1OCOCO)Nc1cc(Br)c(Br)cc1N3. The van der Waals surface area contributed by atoms with E-state index in [1.54, 1.807) is 12.1 Å². The van der Waals surface area contributed by atoms with E-state index in [1.807, 2.05) is 12.1 Å². The van der Waals surface area contributed by atoms with Crippen molar-refractivity contribution in [2.45, 2.75) is 0 Å². The van der Waals surface area contributed by atoms with Gasteiger partial charge in [-0.05, 0) is 44.0 Å². The molecular weight excluding hydrogens is 528 g/mol. The number of halogens is 2. The normalized spacial score (nSPS) is 12.0. The summed E-state index contributed by atoms with van der Waals surface area (Å²) in [6.07, 6.45) is 0. The lowest BCUT2D eigenvalue weighted by molar-refractivity contribution is -0.0744. The third-order valence-corrected chi connectivity index (χ3v) is 5.92. The molecule has 4 N–H and O–H groups in total. The molecule has 30 heavy (non-hydrogen) atoms. The zero-order chi connectivity index (χ0) is 21.1. The van der Waals surface area contributed by atoms with Crippen molar-refractivity contribution in [1.29, 1.82) is 0 Å². The molecule has 0 unspecified atom stereocenters. The topological polar surface area (TPSA) is 127 Å². The van der Waals surface area contributed by atoms with Crippen molar-refractivity contribution in [3.8, 4) is 11.5 Å². The molecule has 0 saturated carbocycles. The molecule has 1 aliphatic rings. The van der Waals surface area contributed by atoms with E-state index in [9.17, 15) is 0 Å². The number of nitrogens with one attached hydrogen (secondary N) is 2. The van der Waals surface area contributed by atoms with Gasteiger partial charge in [-0.2, -0.15) is 0 Å². The van der Waals surface area contributed by atoms with E-state index in [0.29, 0.717) is 34.2 Å². The van der Waals surface area contributed by atoms with Gasteiger partial charge in [0.1, 0.15) is 13.6 Å². The zero-order valence-corrected chi connectivity index (χ0v) is 18.5. The number of hydrogen-bond acceptors (Lipinski definition) is 10. The number of rotatable bonds is 8. The van der Waals surface area contributed by atoms with Gasteiger partial charge in [0.15, 0.2) is 36.7 Å². The second-order valence-corrected chi connectivity index (χ2v) is 7.67. The second kappa shape index (κ2) is 9.29. The van der Waals surface area contributed by atoms with E-state index in [2.05, 4.69) is 52.5 Å². The highest BCUT2D eigenvalue weighted by Crippen LogP contribution is 2.42. The average molecular weight is 544 g/mol. The number of fused-ring (bicyclic) bond motifs is 3. The second-order valence-electron chi connectivity index (χ2n) is 5.96. The maximum atomic E-state index is 8.78. The summed E-state index contributed by atoms with van der Waals surface area (Å²) >= 11 is 6.98. The van der Waals surface area contributed by atoms with Crippen molar-refractivity contribution >= 4 is 65.9 Å². The third kappa shape index (κ3) is 4.43. The quantitative estimate of drug-likeness (QED) is 0.193. The summed E-state index contributed by atoms with van der Waals surface area (Å²) in [7, 11) is 0. The molecule has 158 valence electrons. The summed E-state index contributed by atoms with van der Waals surface area (Å²) in [5.74, 6) is 1.75. The molecule has 1 aliphatic heterocycles. The summed E-state index contributed by atoms with van der Waals surface area (Å²) in [5, 5.41) is 24.1. The van der Waals surface area contributed by atoms with Crippen LogP contribution in [0, 0.1) is 0 Å². The Bertz CT molecular complexity index is 1000. The van der Waals surface area contributed by atoms with Crippen molar-refractivity contribution < 1.29 is 29.2 Å². The number of benzene rings is 2. The van der Waals surface area contributed by atoms with Gasteiger partial charge in [-0.3, -0.25) is 0 Å². The lowest BCUT2D eigenvalue weighted by Crippen LogP contribution is -2.11. The monoisotopic (exact) mass is 542 g/mol. The number of nitrogens with zero attached hydrogens (tertiary/aromatic N) is 2. The van der Waals surface area contributed by atoms with E-state index in [-0.39, 0.29) is 13.6 Å². The molecule has 0 fully saturated rings. The van der Waals surface area contributed by atoms with Gasteiger partial charge in [0.05, 0.1) is 22.4 Å². The van der Waals surface area contributed by atoms with Crippen LogP contribution in [-0.2, 0) is 9.47 Å². The molecule has 0 aliphatic carbocycles. The fraction of sp³-hybridized carbons (Fsp3) is 0.222. The standard InChI is InChI=1S/C18H16Br2N4O6/c19-9-1-11-12(2-10(9)20)22-18-17(21-11)23-13-3-15(29-7-27-5-25)16(4-14(13)24-18)30-8-28-6-26/h1-4,25-26H,5-8H2,(H,21,23)(H,22,24). The number of aliphatic hydroxyl groups excluding tert-OH is 2. The molecule has 12 heteroatoms. The van der Waals surface area contributed by atoms with Crippen molar-refractivity contribution in [1.82, 2.24) is 9.97 Å². The van der Waals surface area contributed by atoms with Gasteiger partial charge in [0.25, 0.3) is 0 Å². The molecule has 2 aromatic carbocycles. The molecule has 0 radical (unpaired) electrons. The lowest BCUT2D eigenvalue weighted by atomic mass is 10.2. The Labute approximate surface area is 187 Å². The lowest BCUT2D eigenvalue weighted by Gasteiger charge is -2.22. The van der Waals surface area contributed by atoms with E-state index in [0.717, 1.165) is 20.3 Å². The molecule has 0 saturated heterocycles. The Morgan fingerprint density at radius 3 is 1.57 bits per heavy atom. The number of hydrogen-bond donors (Lipinski definition) is 4. The summed E-state index contributed by atoms with van der Waals surface area (Å²) in [5.41, 5.74) is 2.80.